The van der Waals surface area contributed by atoms with E-state index >= 15 is 0 Å². The van der Waals surface area contributed by atoms with E-state index in [-0.39, 0.29) is 36.4 Å². The summed E-state index contributed by atoms with van der Waals surface area (Å²) >= 11 is 0. The second kappa shape index (κ2) is 12.9. The summed E-state index contributed by atoms with van der Waals surface area (Å²) in [5, 5.41) is 19.5. The monoisotopic (exact) mass is 539 g/mol. The van der Waals surface area contributed by atoms with Gasteiger partial charge >= 0.3 is 0 Å². The molecule has 2 rings (SSSR count). The number of hydrogen-bond donors (Lipinski definition) is 5. The van der Waals surface area contributed by atoms with Crippen molar-refractivity contribution in [3.63, 3.8) is 0 Å². The van der Waals surface area contributed by atoms with Gasteiger partial charge in [0.1, 0.15) is 5.60 Å². The van der Waals surface area contributed by atoms with Crippen molar-refractivity contribution < 1.29 is 14.7 Å². The van der Waals surface area contributed by atoms with Gasteiger partial charge in [0.2, 0.25) is 5.91 Å². The number of aliphatic hydroxyl groups is 1. The highest BCUT2D eigenvalue weighted by Gasteiger charge is 2.22. The number of carbonyl (C=O) groups is 2. The van der Waals surface area contributed by atoms with Crippen molar-refractivity contribution in [1.29, 1.82) is 0 Å². The van der Waals surface area contributed by atoms with Crippen LogP contribution in [0, 0.1) is 0 Å². The Bertz CT molecular complexity index is 870. The number of amides is 2. The lowest BCUT2D eigenvalue weighted by atomic mass is 9.96. The molecule has 6 N–H and O–H groups in total. The molecule has 0 fully saturated rings. The number of nitrogens with zero attached hydrogens (tertiary/aromatic N) is 1. The molecule has 2 aromatic rings. The Labute approximate surface area is 199 Å². The molecular weight excluding hydrogens is 509 g/mol. The van der Waals surface area contributed by atoms with E-state index in [1.165, 1.54) is 0 Å². The molecule has 1 unspecified atom stereocenters. The molecule has 0 aromatic heterocycles. The van der Waals surface area contributed by atoms with Gasteiger partial charge in [0.25, 0.3) is 5.91 Å². The minimum atomic E-state index is -1.04. The number of carbonyl (C=O) groups excluding carboxylic acids is 2. The van der Waals surface area contributed by atoms with Gasteiger partial charge in [-0.3, -0.25) is 9.59 Å². The second-order valence-corrected chi connectivity index (χ2v) is 7.03. The van der Waals surface area contributed by atoms with Crippen LogP contribution in [0.3, 0.4) is 0 Å². The number of benzene rings is 2. The lowest BCUT2D eigenvalue weighted by Gasteiger charge is -2.25. The Hall–Kier alpha value is -2.66. The third-order valence-corrected chi connectivity index (χ3v) is 4.40. The maximum atomic E-state index is 11.9. The average Bonchev–Trinajstić information content (AvgIpc) is 2.75. The first kappa shape index (κ1) is 26.4. The second-order valence-electron chi connectivity index (χ2n) is 7.03. The number of guanidine groups is 1. The fourth-order valence-electron chi connectivity index (χ4n) is 2.70. The molecule has 2 aromatic carbocycles. The van der Waals surface area contributed by atoms with E-state index in [0.717, 1.165) is 11.1 Å². The third kappa shape index (κ3) is 8.93. The topological polar surface area (TPSA) is 129 Å². The molecule has 8 nitrogen and oxygen atoms in total. The van der Waals surface area contributed by atoms with Crippen LogP contribution in [0.25, 0.3) is 0 Å². The number of primary amides is 1. The number of halogens is 1. The van der Waals surface area contributed by atoms with Crippen LogP contribution in [0.4, 0.5) is 0 Å². The van der Waals surface area contributed by atoms with Gasteiger partial charge in [0, 0.05) is 12.1 Å². The van der Waals surface area contributed by atoms with Crippen molar-refractivity contribution in [3.05, 3.63) is 71.3 Å². The molecule has 0 aliphatic rings. The highest BCUT2D eigenvalue weighted by atomic mass is 127. The highest BCUT2D eigenvalue weighted by molar-refractivity contribution is 14.0. The maximum absolute atomic E-state index is 11.9. The smallest absolute Gasteiger partial charge is 0.251 e. The summed E-state index contributed by atoms with van der Waals surface area (Å²) in [6.45, 7) is 4.88. The Morgan fingerprint density at radius 3 is 2.26 bits per heavy atom. The summed E-state index contributed by atoms with van der Waals surface area (Å²) in [6, 6.07) is 16.4. The lowest BCUT2D eigenvalue weighted by Crippen LogP contribution is -2.44. The summed E-state index contributed by atoms with van der Waals surface area (Å²) in [7, 11) is 0. The molecule has 2 amide bonds. The van der Waals surface area contributed by atoms with Crippen molar-refractivity contribution in [1.82, 2.24) is 16.0 Å². The molecule has 0 aliphatic carbocycles. The van der Waals surface area contributed by atoms with Crippen molar-refractivity contribution >= 4 is 41.8 Å². The van der Waals surface area contributed by atoms with Gasteiger partial charge in [0.15, 0.2) is 5.96 Å². The van der Waals surface area contributed by atoms with E-state index in [2.05, 4.69) is 20.9 Å². The average molecular weight is 539 g/mol. The van der Waals surface area contributed by atoms with Gasteiger partial charge in [-0.05, 0) is 37.1 Å². The molecule has 0 saturated carbocycles. The zero-order valence-electron chi connectivity index (χ0n) is 17.7. The van der Waals surface area contributed by atoms with Crippen molar-refractivity contribution in [2.75, 3.05) is 19.6 Å². The van der Waals surface area contributed by atoms with Crippen LogP contribution in [-0.4, -0.2) is 42.5 Å². The van der Waals surface area contributed by atoms with E-state index in [9.17, 15) is 14.7 Å². The maximum Gasteiger partial charge on any atom is 0.251 e. The summed E-state index contributed by atoms with van der Waals surface area (Å²) in [5.74, 6) is -0.372. The summed E-state index contributed by atoms with van der Waals surface area (Å²) < 4.78 is 0. The van der Waals surface area contributed by atoms with Crippen LogP contribution in [-0.2, 0) is 16.9 Å². The number of rotatable bonds is 9. The van der Waals surface area contributed by atoms with Crippen LogP contribution in [0.1, 0.15) is 35.3 Å². The fraction of sp³-hybridized carbons (Fsp3) is 0.318. The molecule has 0 heterocycles. The molecule has 0 aliphatic heterocycles. The zero-order chi connectivity index (χ0) is 22.0. The summed E-state index contributed by atoms with van der Waals surface area (Å²) in [5.41, 5.74) is 6.15. The SMILES string of the molecule is CCNC(=NCc1ccc(C(=O)NCC(N)=O)cc1)NCC(C)(O)c1ccccc1.I. The largest absolute Gasteiger partial charge is 0.384 e. The minimum Gasteiger partial charge on any atom is -0.384 e. The lowest BCUT2D eigenvalue weighted by molar-refractivity contribution is -0.117. The van der Waals surface area contributed by atoms with E-state index in [1.807, 2.05) is 37.3 Å². The highest BCUT2D eigenvalue weighted by Crippen LogP contribution is 2.18. The number of hydrogen-bond acceptors (Lipinski definition) is 4. The van der Waals surface area contributed by atoms with E-state index in [4.69, 9.17) is 5.73 Å². The van der Waals surface area contributed by atoms with Crippen LogP contribution in [0.5, 0.6) is 0 Å². The van der Waals surface area contributed by atoms with Gasteiger partial charge in [-0.25, -0.2) is 4.99 Å². The van der Waals surface area contributed by atoms with Gasteiger partial charge in [-0.1, -0.05) is 42.5 Å². The molecule has 0 spiro atoms. The Morgan fingerprint density at radius 1 is 1.03 bits per heavy atom. The predicted octanol–water partition coefficient (Wildman–Crippen LogP) is 1.48. The summed E-state index contributed by atoms with van der Waals surface area (Å²) in [4.78, 5) is 27.2. The van der Waals surface area contributed by atoms with Crippen molar-refractivity contribution in [2.45, 2.75) is 26.0 Å². The standard InChI is InChI=1S/C22H29N5O3.HI/c1-3-24-21(27-15-22(2,30)18-7-5-4-6-8-18)26-13-16-9-11-17(12-10-16)20(29)25-14-19(23)28;/h4-12,30H,3,13-15H2,1-2H3,(H2,23,28)(H,25,29)(H2,24,26,27);1H. The molecule has 0 bridgehead atoms. The Morgan fingerprint density at radius 2 is 1.68 bits per heavy atom. The van der Waals surface area contributed by atoms with Crippen LogP contribution >= 0.6 is 24.0 Å². The molecule has 9 heteroatoms. The van der Waals surface area contributed by atoms with E-state index < -0.39 is 11.5 Å². The van der Waals surface area contributed by atoms with Crippen molar-refractivity contribution in [3.8, 4) is 0 Å². The summed E-state index contributed by atoms with van der Waals surface area (Å²) in [6.07, 6.45) is 0. The molecule has 31 heavy (non-hydrogen) atoms. The quantitative estimate of drug-likeness (QED) is 0.187. The first-order valence-corrected chi connectivity index (χ1v) is 9.77. The van der Waals surface area contributed by atoms with Gasteiger partial charge in [-0.15, -0.1) is 24.0 Å². The predicted molar refractivity (Wildman–Crippen MR) is 132 cm³/mol. The number of nitrogens with two attached hydrogens (primary N) is 1. The van der Waals surface area contributed by atoms with Crippen LogP contribution < -0.4 is 21.7 Å². The first-order chi connectivity index (χ1) is 14.3. The minimum absolute atomic E-state index is 0. The molecule has 0 saturated heterocycles. The first-order valence-electron chi connectivity index (χ1n) is 9.77. The van der Waals surface area contributed by atoms with E-state index in [0.29, 0.717) is 31.2 Å². The van der Waals surface area contributed by atoms with E-state index in [1.54, 1.807) is 31.2 Å². The number of aliphatic imine (C=N–C) groups is 1. The molecular formula is C22H30IN5O3. The third-order valence-electron chi connectivity index (χ3n) is 4.40. The van der Waals surface area contributed by atoms with Gasteiger partial charge in [-0.2, -0.15) is 0 Å². The van der Waals surface area contributed by atoms with Crippen LogP contribution in [0.15, 0.2) is 59.6 Å². The molecule has 0 radical (unpaired) electrons. The fourth-order valence-corrected chi connectivity index (χ4v) is 2.70. The Kier molecular flexibility index (Phi) is 11.0. The van der Waals surface area contributed by atoms with Crippen LogP contribution in [0.2, 0.25) is 0 Å². The number of nitrogens with one attached hydrogen (secondary N) is 3. The molecule has 1 atom stereocenters. The molecule has 168 valence electrons. The zero-order valence-corrected chi connectivity index (χ0v) is 20.1. The van der Waals surface area contributed by atoms with Crippen molar-refractivity contribution in [2.24, 2.45) is 10.7 Å². The van der Waals surface area contributed by atoms with Gasteiger partial charge < -0.3 is 26.8 Å². The van der Waals surface area contributed by atoms with Gasteiger partial charge in [0.05, 0.1) is 19.6 Å². The Balaban J connectivity index is 0.00000480. The normalized spacial score (nSPS) is 12.8.